The van der Waals surface area contributed by atoms with Gasteiger partial charge in [-0.1, -0.05) is 72.4 Å². The molecule has 1 aliphatic rings. The molecule has 0 spiro atoms. The third kappa shape index (κ3) is 5.81. The van der Waals surface area contributed by atoms with Gasteiger partial charge in [-0.25, -0.2) is 14.8 Å². The summed E-state index contributed by atoms with van der Waals surface area (Å²) in [5, 5.41) is 12.7. The number of thioether (sulfide) groups is 1. The third-order valence-electron chi connectivity index (χ3n) is 6.43. The summed E-state index contributed by atoms with van der Waals surface area (Å²) in [6, 6.07) is 25.0. The highest BCUT2D eigenvalue weighted by atomic mass is 32.2. The van der Waals surface area contributed by atoms with Crippen molar-refractivity contribution < 1.29 is 14.6 Å². The topological polar surface area (TPSA) is 75.5 Å². The molecule has 4 aromatic rings. The summed E-state index contributed by atoms with van der Waals surface area (Å²) in [7, 11) is 0. The Labute approximate surface area is 209 Å². The van der Waals surface area contributed by atoms with Gasteiger partial charge >= 0.3 is 6.09 Å². The zero-order valence-corrected chi connectivity index (χ0v) is 20.1. The highest BCUT2D eigenvalue weighted by Gasteiger charge is 2.33. The smallest absolute Gasteiger partial charge is 0.407 e. The van der Waals surface area contributed by atoms with Crippen molar-refractivity contribution in [3.8, 4) is 0 Å². The summed E-state index contributed by atoms with van der Waals surface area (Å²) in [5.41, 5.74) is 3.47. The molecule has 0 aliphatic carbocycles. The molecule has 0 radical (unpaired) electrons. The fraction of sp³-hybridized carbons (Fsp3) is 0.250. The molecule has 1 aromatic heterocycles. The fourth-order valence-electron chi connectivity index (χ4n) is 4.54. The van der Waals surface area contributed by atoms with E-state index in [4.69, 9.17) is 4.74 Å². The summed E-state index contributed by atoms with van der Waals surface area (Å²) in [5.74, 6) is 0.939. The van der Waals surface area contributed by atoms with Gasteiger partial charge in [0.1, 0.15) is 0 Å². The van der Waals surface area contributed by atoms with Gasteiger partial charge in [-0.3, -0.25) is 0 Å². The molecule has 2 heterocycles. The van der Waals surface area contributed by atoms with Crippen molar-refractivity contribution in [3.63, 3.8) is 0 Å². The van der Waals surface area contributed by atoms with Gasteiger partial charge in [0.15, 0.2) is 5.16 Å². The number of fused-ring (bicyclic) bond motifs is 1. The largest absolute Gasteiger partial charge is 0.465 e. The molecule has 35 heavy (non-hydrogen) atoms. The Morgan fingerprint density at radius 1 is 0.971 bits per heavy atom. The van der Waals surface area contributed by atoms with Crippen molar-refractivity contribution in [1.82, 2.24) is 14.9 Å². The number of likely N-dealkylation sites (tertiary alicyclic amines) is 1. The van der Waals surface area contributed by atoms with Crippen molar-refractivity contribution in [2.75, 3.05) is 13.1 Å². The first-order valence-electron chi connectivity index (χ1n) is 11.7. The predicted octanol–water partition coefficient (Wildman–Crippen LogP) is 5.97. The Kier molecular flexibility index (Phi) is 7.25. The number of carboxylic acid groups (broad SMARTS) is 1. The molecule has 1 amide bonds. The first-order valence-corrected chi connectivity index (χ1v) is 12.7. The van der Waals surface area contributed by atoms with Crippen LogP contribution in [-0.4, -0.2) is 45.3 Å². The number of nitrogens with zero attached hydrogens (tertiary/aromatic N) is 3. The molecular weight excluding hydrogens is 458 g/mol. The van der Waals surface area contributed by atoms with E-state index in [1.807, 2.05) is 18.2 Å². The van der Waals surface area contributed by atoms with E-state index >= 15 is 0 Å². The van der Waals surface area contributed by atoms with Crippen LogP contribution in [0.5, 0.6) is 0 Å². The lowest BCUT2D eigenvalue weighted by Crippen LogP contribution is -2.46. The zero-order chi connectivity index (χ0) is 24.0. The molecule has 2 atom stereocenters. The van der Waals surface area contributed by atoms with Crippen LogP contribution in [0.25, 0.3) is 10.8 Å². The molecule has 1 aliphatic heterocycles. The lowest BCUT2D eigenvalue weighted by Gasteiger charge is -2.37. The van der Waals surface area contributed by atoms with Gasteiger partial charge in [-0.2, -0.15) is 0 Å². The van der Waals surface area contributed by atoms with Crippen molar-refractivity contribution in [2.24, 2.45) is 0 Å². The van der Waals surface area contributed by atoms with Crippen LogP contribution in [-0.2, 0) is 17.1 Å². The van der Waals surface area contributed by atoms with Gasteiger partial charge < -0.3 is 14.7 Å². The van der Waals surface area contributed by atoms with Crippen LogP contribution in [0.3, 0.4) is 0 Å². The molecule has 1 N–H and O–H groups in total. The first kappa shape index (κ1) is 23.3. The number of carbonyl (C=O) groups is 1. The molecule has 0 saturated carbocycles. The minimum absolute atomic E-state index is 0.144. The average molecular weight is 486 g/mol. The van der Waals surface area contributed by atoms with Crippen molar-refractivity contribution >= 4 is 28.6 Å². The quantitative estimate of drug-likeness (QED) is 0.257. The van der Waals surface area contributed by atoms with E-state index in [9.17, 15) is 9.90 Å². The van der Waals surface area contributed by atoms with Crippen LogP contribution in [0.1, 0.15) is 29.0 Å². The third-order valence-corrected chi connectivity index (χ3v) is 7.37. The molecule has 1 saturated heterocycles. The van der Waals surface area contributed by atoms with Crippen LogP contribution in [0, 0.1) is 0 Å². The zero-order valence-electron chi connectivity index (χ0n) is 19.3. The van der Waals surface area contributed by atoms with E-state index in [0.717, 1.165) is 22.9 Å². The molecule has 3 aromatic carbocycles. The van der Waals surface area contributed by atoms with Crippen LogP contribution in [0.2, 0.25) is 0 Å². The Balaban J connectivity index is 1.28. The van der Waals surface area contributed by atoms with Crippen LogP contribution >= 0.6 is 11.8 Å². The Bertz CT molecular complexity index is 1280. The van der Waals surface area contributed by atoms with Gasteiger partial charge in [-0.15, -0.1) is 0 Å². The molecule has 2 unspecified atom stereocenters. The molecular formula is C28H27N3O3S. The Hall–Kier alpha value is -3.42. The Morgan fingerprint density at radius 2 is 1.71 bits per heavy atom. The maximum atomic E-state index is 11.7. The van der Waals surface area contributed by atoms with Crippen LogP contribution < -0.4 is 0 Å². The number of benzene rings is 3. The van der Waals surface area contributed by atoms with E-state index in [0.29, 0.717) is 19.7 Å². The van der Waals surface area contributed by atoms with E-state index in [1.54, 1.807) is 24.2 Å². The van der Waals surface area contributed by atoms with Crippen LogP contribution in [0.15, 0.2) is 90.3 Å². The minimum Gasteiger partial charge on any atom is -0.465 e. The van der Waals surface area contributed by atoms with E-state index in [-0.39, 0.29) is 12.0 Å². The molecule has 7 heteroatoms. The second kappa shape index (κ2) is 10.9. The SMILES string of the molecule is O=C(O)N1CCC(c2ccc(CSc3ncccn3)cc2)C(OCc2ccc3ccccc3c2)C1. The van der Waals surface area contributed by atoms with Gasteiger partial charge in [-0.05, 0) is 46.0 Å². The molecule has 178 valence electrons. The van der Waals surface area contributed by atoms with E-state index in [2.05, 4.69) is 64.6 Å². The second-order valence-corrected chi connectivity index (χ2v) is 9.66. The minimum atomic E-state index is -0.891. The lowest BCUT2D eigenvalue weighted by atomic mass is 9.86. The molecule has 0 bridgehead atoms. The number of piperidine rings is 1. The summed E-state index contributed by atoms with van der Waals surface area (Å²) >= 11 is 1.61. The fourth-order valence-corrected chi connectivity index (χ4v) is 5.30. The van der Waals surface area contributed by atoms with Gasteiger partial charge in [0.25, 0.3) is 0 Å². The number of hydrogen-bond acceptors (Lipinski definition) is 5. The van der Waals surface area contributed by atoms with Crippen LogP contribution in [0.4, 0.5) is 4.79 Å². The monoisotopic (exact) mass is 485 g/mol. The first-order chi connectivity index (χ1) is 17.2. The second-order valence-electron chi connectivity index (χ2n) is 8.72. The van der Waals surface area contributed by atoms with Gasteiger partial charge in [0, 0.05) is 30.6 Å². The number of amides is 1. The normalized spacial score (nSPS) is 18.0. The average Bonchev–Trinajstić information content (AvgIpc) is 2.91. The van der Waals surface area contributed by atoms with Crippen molar-refractivity contribution in [2.45, 2.75) is 36.0 Å². The summed E-state index contributed by atoms with van der Waals surface area (Å²) in [4.78, 5) is 21.6. The van der Waals surface area contributed by atoms with Crippen molar-refractivity contribution in [3.05, 3.63) is 102 Å². The van der Waals surface area contributed by atoms with E-state index < -0.39 is 6.09 Å². The molecule has 6 nitrogen and oxygen atoms in total. The highest BCUT2D eigenvalue weighted by molar-refractivity contribution is 7.98. The summed E-state index contributed by atoms with van der Waals surface area (Å²) in [6.07, 6.45) is 3.14. The molecule has 1 fully saturated rings. The number of aromatic nitrogens is 2. The van der Waals surface area contributed by atoms with Crippen molar-refractivity contribution in [1.29, 1.82) is 0 Å². The standard InChI is InChI=1S/C28H27N3O3S/c32-28(33)31-15-12-25(23-10-6-20(7-11-23)19-35-27-29-13-3-14-30-27)26(17-31)34-18-21-8-9-22-4-1-2-5-24(22)16-21/h1-11,13-14,16,25-26H,12,15,17-19H2,(H,32,33). The number of ether oxygens (including phenoxy) is 1. The Morgan fingerprint density at radius 3 is 2.49 bits per heavy atom. The van der Waals surface area contributed by atoms with E-state index in [1.165, 1.54) is 26.8 Å². The number of rotatable bonds is 7. The van der Waals surface area contributed by atoms with Gasteiger partial charge in [0.2, 0.25) is 0 Å². The highest BCUT2D eigenvalue weighted by Crippen LogP contribution is 2.32. The maximum Gasteiger partial charge on any atom is 0.407 e. The predicted molar refractivity (Wildman–Crippen MR) is 138 cm³/mol. The lowest BCUT2D eigenvalue weighted by molar-refractivity contribution is -0.0199. The summed E-state index contributed by atoms with van der Waals surface area (Å²) in [6.45, 7) is 1.33. The van der Waals surface area contributed by atoms with Gasteiger partial charge in [0.05, 0.1) is 19.3 Å². The maximum absolute atomic E-state index is 11.7. The number of hydrogen-bond donors (Lipinski definition) is 1. The molecule has 5 rings (SSSR count). The summed E-state index contributed by atoms with van der Waals surface area (Å²) < 4.78 is 6.38.